The van der Waals surface area contributed by atoms with Crippen LogP contribution in [0.4, 0.5) is 0 Å². The van der Waals surface area contributed by atoms with Crippen molar-refractivity contribution in [2.24, 2.45) is 0 Å². The smallest absolute Gasteiger partial charge is 0.0448 e. The molecule has 2 rings (SSSR count). The van der Waals surface area contributed by atoms with Crippen molar-refractivity contribution in [3.63, 3.8) is 0 Å². The Morgan fingerprint density at radius 2 is 1.71 bits per heavy atom. The number of nitrogens with one attached hydrogen (secondary N) is 1. The summed E-state index contributed by atoms with van der Waals surface area (Å²) in [6.45, 7) is 4.29. The first-order chi connectivity index (χ1) is 8.30. The Labute approximate surface area is 108 Å². The Balaban J connectivity index is 0.000000171. The predicted octanol–water partition coefficient (Wildman–Crippen LogP) is 4.56. The van der Waals surface area contributed by atoms with Gasteiger partial charge in [0, 0.05) is 16.0 Å². The third kappa shape index (κ3) is 4.96. The first-order valence-electron chi connectivity index (χ1n) is 5.93. The van der Waals surface area contributed by atoms with Crippen molar-refractivity contribution in [1.29, 1.82) is 5.41 Å². The molecule has 0 bridgehead atoms. The summed E-state index contributed by atoms with van der Waals surface area (Å²) in [5, 5.41) is 6.92. The van der Waals surface area contributed by atoms with Gasteiger partial charge in [-0.1, -0.05) is 44.2 Å². The highest BCUT2D eigenvalue weighted by Gasteiger charge is 1.92. The number of hydrogen-bond donors (Lipinski definition) is 1. The lowest BCUT2D eigenvalue weighted by Crippen LogP contribution is -1.73. The number of rotatable bonds is 3. The van der Waals surface area contributed by atoms with Crippen molar-refractivity contribution in [1.82, 2.24) is 0 Å². The fourth-order valence-corrected chi connectivity index (χ4v) is 2.15. The van der Waals surface area contributed by atoms with E-state index in [0.29, 0.717) is 0 Å². The van der Waals surface area contributed by atoms with Gasteiger partial charge in [-0.3, -0.25) is 0 Å². The van der Waals surface area contributed by atoms with Crippen LogP contribution in [0.2, 0.25) is 0 Å². The molecule has 0 aliphatic heterocycles. The highest BCUT2D eigenvalue weighted by atomic mass is 32.1. The first-order valence-corrected chi connectivity index (χ1v) is 6.74. The average Bonchev–Trinajstić information content (AvgIpc) is 2.88. The van der Waals surface area contributed by atoms with Crippen LogP contribution in [0, 0.1) is 5.41 Å². The van der Waals surface area contributed by atoms with Gasteiger partial charge in [0.05, 0.1) is 0 Å². The molecule has 0 spiro atoms. The second-order valence-electron chi connectivity index (χ2n) is 3.64. The summed E-state index contributed by atoms with van der Waals surface area (Å²) in [5.74, 6) is 0. The lowest BCUT2D eigenvalue weighted by molar-refractivity contribution is 1.14. The average molecular weight is 245 g/mol. The van der Waals surface area contributed by atoms with Crippen molar-refractivity contribution in [2.45, 2.75) is 26.7 Å². The van der Waals surface area contributed by atoms with Crippen LogP contribution >= 0.6 is 11.3 Å². The van der Waals surface area contributed by atoms with E-state index in [-0.39, 0.29) is 0 Å². The summed E-state index contributed by atoms with van der Waals surface area (Å²) in [6, 6.07) is 14.5. The van der Waals surface area contributed by atoms with Gasteiger partial charge < -0.3 is 5.41 Å². The lowest BCUT2D eigenvalue weighted by Gasteiger charge is -1.89. The molecule has 90 valence electrons. The second kappa shape index (κ2) is 7.80. The Bertz CT molecular complexity index is 431. The molecule has 0 radical (unpaired) electrons. The van der Waals surface area contributed by atoms with E-state index in [4.69, 9.17) is 5.41 Å². The monoisotopic (exact) mass is 245 g/mol. The van der Waals surface area contributed by atoms with Crippen LogP contribution < -0.4 is 0 Å². The topological polar surface area (TPSA) is 23.9 Å². The summed E-state index contributed by atoms with van der Waals surface area (Å²) < 4.78 is 0. The zero-order valence-electron chi connectivity index (χ0n) is 10.4. The van der Waals surface area contributed by atoms with Gasteiger partial charge in [0.15, 0.2) is 0 Å². The summed E-state index contributed by atoms with van der Waals surface area (Å²) in [6.07, 6.45) is 3.61. The molecule has 0 aliphatic carbocycles. The summed E-state index contributed by atoms with van der Waals surface area (Å²) in [5.41, 5.74) is 1.41. The molecule has 1 aromatic heterocycles. The quantitative estimate of drug-likeness (QED) is 0.767. The van der Waals surface area contributed by atoms with E-state index < -0.39 is 0 Å². The standard InChI is InChI=1S/C8H10.C7H9NS/c1-2-8-6-4-3-5-7-8;1-2-6-3-4-7(5-8)9-6/h3-7H,2H2,1H3;3-5,8H,2H2,1H3. The summed E-state index contributed by atoms with van der Waals surface area (Å²) in [4.78, 5) is 2.40. The minimum atomic E-state index is 1.05. The van der Waals surface area contributed by atoms with E-state index >= 15 is 0 Å². The molecule has 17 heavy (non-hydrogen) atoms. The predicted molar refractivity (Wildman–Crippen MR) is 77.4 cm³/mol. The van der Waals surface area contributed by atoms with E-state index in [9.17, 15) is 0 Å². The van der Waals surface area contributed by atoms with E-state index in [2.05, 4.69) is 44.2 Å². The maximum atomic E-state index is 6.92. The van der Waals surface area contributed by atoms with Gasteiger partial charge in [0.1, 0.15) is 0 Å². The molecular weight excluding hydrogens is 226 g/mol. The number of benzene rings is 1. The molecule has 0 saturated heterocycles. The van der Waals surface area contributed by atoms with E-state index in [1.54, 1.807) is 11.3 Å². The van der Waals surface area contributed by atoms with Crippen LogP contribution in [0.3, 0.4) is 0 Å². The van der Waals surface area contributed by atoms with Crippen LogP contribution in [-0.2, 0) is 12.8 Å². The lowest BCUT2D eigenvalue weighted by atomic mass is 10.2. The van der Waals surface area contributed by atoms with Crippen molar-refractivity contribution in [3.05, 3.63) is 57.8 Å². The molecule has 1 aromatic carbocycles. The van der Waals surface area contributed by atoms with Crippen LogP contribution in [0.15, 0.2) is 42.5 Å². The normalized spacial score (nSPS) is 9.29. The Morgan fingerprint density at radius 3 is 2.06 bits per heavy atom. The summed E-state index contributed by atoms with van der Waals surface area (Å²) >= 11 is 1.69. The van der Waals surface area contributed by atoms with Crippen molar-refractivity contribution >= 4 is 17.6 Å². The molecule has 1 N–H and O–H groups in total. The van der Waals surface area contributed by atoms with Gasteiger partial charge in [-0.25, -0.2) is 0 Å². The van der Waals surface area contributed by atoms with Crippen molar-refractivity contribution in [3.8, 4) is 0 Å². The second-order valence-corrected chi connectivity index (χ2v) is 4.84. The van der Waals surface area contributed by atoms with Gasteiger partial charge in [-0.2, -0.15) is 0 Å². The summed E-state index contributed by atoms with van der Waals surface area (Å²) in [7, 11) is 0. The third-order valence-electron chi connectivity index (χ3n) is 2.42. The van der Waals surface area contributed by atoms with E-state index in [0.717, 1.165) is 17.7 Å². The Kier molecular flexibility index (Phi) is 6.26. The van der Waals surface area contributed by atoms with Crippen molar-refractivity contribution < 1.29 is 0 Å². The molecule has 0 aliphatic rings. The van der Waals surface area contributed by atoms with Gasteiger partial charge >= 0.3 is 0 Å². The van der Waals surface area contributed by atoms with Crippen LogP contribution in [0.25, 0.3) is 0 Å². The maximum Gasteiger partial charge on any atom is 0.0448 e. The fraction of sp³-hybridized carbons (Fsp3) is 0.267. The molecule has 0 fully saturated rings. The molecule has 0 amide bonds. The minimum absolute atomic E-state index is 1.05. The Morgan fingerprint density at radius 1 is 1.00 bits per heavy atom. The largest absolute Gasteiger partial charge is 0.307 e. The van der Waals surface area contributed by atoms with Crippen molar-refractivity contribution in [2.75, 3.05) is 0 Å². The Hall–Kier alpha value is -1.41. The molecule has 1 heterocycles. The highest BCUT2D eigenvalue weighted by Crippen LogP contribution is 2.13. The maximum absolute atomic E-state index is 6.92. The fourth-order valence-electron chi connectivity index (χ4n) is 1.38. The number of aryl methyl sites for hydroxylation is 2. The molecule has 0 unspecified atom stereocenters. The van der Waals surface area contributed by atoms with Gasteiger partial charge in [0.2, 0.25) is 0 Å². The van der Waals surface area contributed by atoms with Gasteiger partial charge in [-0.05, 0) is 30.5 Å². The molecule has 0 saturated carbocycles. The molecule has 2 heteroatoms. The van der Waals surface area contributed by atoms with Crippen LogP contribution in [0.1, 0.15) is 29.2 Å². The van der Waals surface area contributed by atoms with Crippen LogP contribution in [0.5, 0.6) is 0 Å². The van der Waals surface area contributed by atoms with Gasteiger partial charge in [-0.15, -0.1) is 11.3 Å². The van der Waals surface area contributed by atoms with E-state index in [1.807, 2.05) is 12.1 Å². The molecule has 0 atom stereocenters. The molecule has 1 nitrogen and oxygen atoms in total. The first kappa shape index (κ1) is 13.7. The zero-order chi connectivity index (χ0) is 12.5. The van der Waals surface area contributed by atoms with E-state index in [1.165, 1.54) is 16.7 Å². The minimum Gasteiger partial charge on any atom is -0.307 e. The molecule has 2 aromatic rings. The molecular formula is C15H19NS. The van der Waals surface area contributed by atoms with Crippen LogP contribution in [-0.4, -0.2) is 6.21 Å². The number of hydrogen-bond acceptors (Lipinski definition) is 2. The number of thiophene rings is 1. The highest BCUT2D eigenvalue weighted by molar-refractivity contribution is 7.13. The zero-order valence-corrected chi connectivity index (χ0v) is 11.3. The third-order valence-corrected chi connectivity index (χ3v) is 3.60. The SMILES string of the molecule is CCc1ccc(C=N)s1.CCc1ccccc1. The van der Waals surface area contributed by atoms with Gasteiger partial charge in [0.25, 0.3) is 0 Å².